The number of ether oxygens (including phenoxy) is 2. The summed E-state index contributed by atoms with van der Waals surface area (Å²) in [5, 5.41) is 4.29. The normalized spacial score (nSPS) is 22.1. The average Bonchev–Trinajstić information content (AvgIpc) is 2.32. The van der Waals surface area contributed by atoms with Crippen LogP contribution in [0, 0.1) is 6.92 Å². The monoisotopic (exact) mass is 283 g/mol. The van der Waals surface area contributed by atoms with Crippen LogP contribution in [0.25, 0.3) is 0 Å². The number of benzene rings is 1. The summed E-state index contributed by atoms with van der Waals surface area (Å²) in [7, 11) is 1.67. The molecule has 0 bridgehead atoms. The van der Waals surface area contributed by atoms with Gasteiger partial charge in [-0.2, -0.15) is 0 Å². The highest BCUT2D eigenvalue weighted by atomic mass is 35.5. The zero-order valence-corrected chi connectivity index (χ0v) is 12.8. The minimum atomic E-state index is -0.0649. The van der Waals surface area contributed by atoms with E-state index in [-0.39, 0.29) is 5.60 Å². The smallest absolute Gasteiger partial charge is 0.143 e. The molecule has 1 aromatic rings. The van der Waals surface area contributed by atoms with Gasteiger partial charge in [-0.3, -0.25) is 0 Å². The third kappa shape index (κ3) is 3.54. The van der Waals surface area contributed by atoms with Crippen molar-refractivity contribution in [2.24, 2.45) is 0 Å². The third-order valence-corrected chi connectivity index (χ3v) is 3.94. The lowest BCUT2D eigenvalue weighted by Crippen LogP contribution is -2.40. The number of nitrogens with one attached hydrogen (secondary N) is 1. The molecule has 4 heteroatoms. The van der Waals surface area contributed by atoms with Crippen molar-refractivity contribution in [3.8, 4) is 5.75 Å². The molecular formula is C15H22ClNO2. The van der Waals surface area contributed by atoms with Gasteiger partial charge in [-0.1, -0.05) is 11.6 Å². The standard InChI is InChI=1S/C15H22ClNO2/c1-10-7-13(14(18-4)8-12(10)16)17-11-5-6-19-15(2,3)9-11/h7-8,11,17H,5-6,9H2,1-4H3. The molecule has 0 radical (unpaired) electrons. The van der Waals surface area contributed by atoms with Crippen molar-refractivity contribution >= 4 is 17.3 Å². The number of hydrogen-bond donors (Lipinski definition) is 1. The van der Waals surface area contributed by atoms with E-state index < -0.39 is 0 Å². The first-order chi connectivity index (χ1) is 8.91. The summed E-state index contributed by atoms with van der Waals surface area (Å²) in [6.07, 6.45) is 1.99. The molecule has 0 aliphatic carbocycles. The molecule has 1 fully saturated rings. The van der Waals surface area contributed by atoms with Gasteiger partial charge in [-0.15, -0.1) is 0 Å². The molecule has 1 heterocycles. The Labute approximate surface area is 120 Å². The van der Waals surface area contributed by atoms with Crippen molar-refractivity contribution in [3.63, 3.8) is 0 Å². The lowest BCUT2D eigenvalue weighted by atomic mass is 9.93. The summed E-state index contributed by atoms with van der Waals surface area (Å²) in [6.45, 7) is 7.05. The molecule has 1 aliphatic heterocycles. The van der Waals surface area contributed by atoms with Crippen LogP contribution in [-0.4, -0.2) is 25.4 Å². The molecule has 106 valence electrons. The van der Waals surface area contributed by atoms with Crippen molar-refractivity contribution in [3.05, 3.63) is 22.7 Å². The van der Waals surface area contributed by atoms with Gasteiger partial charge in [0.25, 0.3) is 0 Å². The van der Waals surface area contributed by atoms with Crippen LogP contribution in [0.1, 0.15) is 32.3 Å². The molecule has 2 rings (SSSR count). The van der Waals surface area contributed by atoms with Crippen LogP contribution in [0.4, 0.5) is 5.69 Å². The fourth-order valence-electron chi connectivity index (χ4n) is 2.52. The van der Waals surface area contributed by atoms with E-state index in [0.717, 1.165) is 41.5 Å². The number of anilines is 1. The zero-order valence-electron chi connectivity index (χ0n) is 12.0. The summed E-state index contributed by atoms with van der Waals surface area (Å²) < 4.78 is 11.1. The van der Waals surface area contributed by atoms with Gasteiger partial charge in [-0.25, -0.2) is 0 Å². The highest BCUT2D eigenvalue weighted by Crippen LogP contribution is 2.33. The Hall–Kier alpha value is -0.930. The fraction of sp³-hybridized carbons (Fsp3) is 0.600. The van der Waals surface area contributed by atoms with E-state index in [0.29, 0.717) is 6.04 Å². The van der Waals surface area contributed by atoms with E-state index in [1.54, 1.807) is 7.11 Å². The van der Waals surface area contributed by atoms with E-state index in [9.17, 15) is 0 Å². The quantitative estimate of drug-likeness (QED) is 0.909. The molecule has 1 atom stereocenters. The van der Waals surface area contributed by atoms with Crippen molar-refractivity contribution in [2.45, 2.75) is 45.3 Å². The second-order valence-electron chi connectivity index (χ2n) is 5.74. The predicted octanol–water partition coefficient (Wildman–Crippen LogP) is 4.03. The Morgan fingerprint density at radius 2 is 2.16 bits per heavy atom. The second kappa shape index (κ2) is 5.59. The van der Waals surface area contributed by atoms with Crippen LogP contribution in [0.2, 0.25) is 5.02 Å². The Bertz CT molecular complexity index is 460. The molecule has 3 nitrogen and oxygen atoms in total. The van der Waals surface area contributed by atoms with Gasteiger partial charge < -0.3 is 14.8 Å². The Kier molecular flexibility index (Phi) is 4.26. The van der Waals surface area contributed by atoms with Crippen molar-refractivity contribution in [1.29, 1.82) is 0 Å². The average molecular weight is 284 g/mol. The number of hydrogen-bond acceptors (Lipinski definition) is 3. The molecular weight excluding hydrogens is 262 g/mol. The lowest BCUT2D eigenvalue weighted by Gasteiger charge is -2.36. The van der Waals surface area contributed by atoms with Crippen LogP contribution in [0.3, 0.4) is 0 Å². The Morgan fingerprint density at radius 1 is 1.42 bits per heavy atom. The summed E-state index contributed by atoms with van der Waals surface area (Å²) >= 11 is 6.12. The van der Waals surface area contributed by atoms with Crippen LogP contribution in [0.5, 0.6) is 5.75 Å². The van der Waals surface area contributed by atoms with Crippen LogP contribution >= 0.6 is 11.6 Å². The van der Waals surface area contributed by atoms with Crippen molar-refractivity contribution in [2.75, 3.05) is 19.0 Å². The topological polar surface area (TPSA) is 30.5 Å². The number of rotatable bonds is 3. The van der Waals surface area contributed by atoms with Gasteiger partial charge in [0.1, 0.15) is 5.75 Å². The molecule has 0 saturated carbocycles. The van der Waals surface area contributed by atoms with Gasteiger partial charge >= 0.3 is 0 Å². The van der Waals surface area contributed by atoms with E-state index in [1.165, 1.54) is 0 Å². The lowest BCUT2D eigenvalue weighted by molar-refractivity contribution is -0.0553. The molecule has 0 spiro atoms. The van der Waals surface area contributed by atoms with E-state index in [1.807, 2.05) is 19.1 Å². The van der Waals surface area contributed by atoms with Gasteiger partial charge in [0.2, 0.25) is 0 Å². The van der Waals surface area contributed by atoms with E-state index in [4.69, 9.17) is 21.1 Å². The predicted molar refractivity (Wildman–Crippen MR) is 79.4 cm³/mol. The highest BCUT2D eigenvalue weighted by molar-refractivity contribution is 6.31. The first kappa shape index (κ1) is 14.5. The second-order valence-corrected chi connectivity index (χ2v) is 6.15. The van der Waals surface area contributed by atoms with Crippen LogP contribution in [-0.2, 0) is 4.74 Å². The van der Waals surface area contributed by atoms with Crippen LogP contribution in [0.15, 0.2) is 12.1 Å². The fourth-order valence-corrected chi connectivity index (χ4v) is 2.67. The van der Waals surface area contributed by atoms with E-state index in [2.05, 4.69) is 19.2 Å². The van der Waals surface area contributed by atoms with Gasteiger partial charge in [0.15, 0.2) is 0 Å². The summed E-state index contributed by atoms with van der Waals surface area (Å²) in [6, 6.07) is 4.31. The molecule has 19 heavy (non-hydrogen) atoms. The Morgan fingerprint density at radius 3 is 2.79 bits per heavy atom. The van der Waals surface area contributed by atoms with Crippen molar-refractivity contribution < 1.29 is 9.47 Å². The van der Waals surface area contributed by atoms with Gasteiger partial charge in [-0.05, 0) is 45.2 Å². The highest BCUT2D eigenvalue weighted by Gasteiger charge is 2.29. The molecule has 0 aromatic heterocycles. The molecule has 1 unspecified atom stereocenters. The van der Waals surface area contributed by atoms with E-state index >= 15 is 0 Å². The third-order valence-electron chi connectivity index (χ3n) is 3.54. The van der Waals surface area contributed by atoms with Crippen LogP contribution < -0.4 is 10.1 Å². The molecule has 1 saturated heterocycles. The molecule has 0 amide bonds. The summed E-state index contributed by atoms with van der Waals surface area (Å²) in [5.41, 5.74) is 1.99. The first-order valence-corrected chi connectivity index (χ1v) is 7.04. The molecule has 1 aromatic carbocycles. The van der Waals surface area contributed by atoms with Gasteiger partial charge in [0, 0.05) is 23.7 Å². The first-order valence-electron chi connectivity index (χ1n) is 6.66. The van der Waals surface area contributed by atoms with Gasteiger partial charge in [0.05, 0.1) is 18.4 Å². The Balaban J connectivity index is 2.16. The number of aryl methyl sites for hydroxylation is 1. The number of methoxy groups -OCH3 is 1. The molecule has 1 N–H and O–H groups in total. The minimum absolute atomic E-state index is 0.0649. The minimum Gasteiger partial charge on any atom is -0.495 e. The summed E-state index contributed by atoms with van der Waals surface area (Å²) in [5.74, 6) is 0.792. The maximum absolute atomic E-state index is 6.12. The SMILES string of the molecule is COc1cc(Cl)c(C)cc1NC1CCOC(C)(C)C1. The maximum Gasteiger partial charge on any atom is 0.143 e. The summed E-state index contributed by atoms with van der Waals surface area (Å²) in [4.78, 5) is 0. The largest absolute Gasteiger partial charge is 0.495 e. The van der Waals surface area contributed by atoms with Crippen molar-refractivity contribution in [1.82, 2.24) is 0 Å². The number of halogens is 1. The molecule has 1 aliphatic rings. The maximum atomic E-state index is 6.12. The zero-order chi connectivity index (χ0) is 14.0.